The number of nitrogens with two attached hydrogens (primary N) is 1. The van der Waals surface area contributed by atoms with Gasteiger partial charge in [0.2, 0.25) is 5.91 Å². The standard InChI is InChI=1S/C31H33N3O8S/c1-19(2)17-21-6-8-22(9-7-21)20(3)30(36)33-24-12-15-27(42-28(35)5-4-16-40-34(38)39)26(18-24)31(37)41-25-13-10-23(11-14-25)29(32)43/h6-15,18-20H,4-5,16-17H2,1-3H3,(H2,32,43)(H,33,36). The van der Waals surface area contributed by atoms with Gasteiger partial charge in [0.25, 0.3) is 5.09 Å². The number of hydrogen-bond acceptors (Lipinski definition) is 9. The van der Waals surface area contributed by atoms with Crippen LogP contribution in [0.15, 0.2) is 66.7 Å². The first-order valence-electron chi connectivity index (χ1n) is 13.6. The van der Waals surface area contributed by atoms with E-state index in [0.29, 0.717) is 11.5 Å². The highest BCUT2D eigenvalue weighted by atomic mass is 32.1. The molecular formula is C31H33N3O8S. The van der Waals surface area contributed by atoms with Crippen LogP contribution in [-0.4, -0.2) is 34.5 Å². The molecular weight excluding hydrogens is 574 g/mol. The number of rotatable bonds is 14. The number of carbonyl (C=O) groups excluding carboxylic acids is 3. The lowest BCUT2D eigenvalue weighted by atomic mass is 9.96. The van der Waals surface area contributed by atoms with Crippen molar-refractivity contribution in [2.24, 2.45) is 11.7 Å². The molecule has 12 heteroatoms. The third-order valence-electron chi connectivity index (χ3n) is 6.28. The highest BCUT2D eigenvalue weighted by Crippen LogP contribution is 2.27. The van der Waals surface area contributed by atoms with Gasteiger partial charge < -0.3 is 25.4 Å². The van der Waals surface area contributed by atoms with Crippen LogP contribution in [0, 0.1) is 16.0 Å². The molecule has 43 heavy (non-hydrogen) atoms. The van der Waals surface area contributed by atoms with Crippen molar-refractivity contribution >= 4 is 40.7 Å². The smallest absolute Gasteiger partial charge is 0.347 e. The summed E-state index contributed by atoms with van der Waals surface area (Å²) in [5.74, 6) is -1.81. The van der Waals surface area contributed by atoms with Crippen molar-refractivity contribution in [1.82, 2.24) is 0 Å². The molecule has 226 valence electrons. The number of amides is 1. The quantitative estimate of drug-likeness (QED) is 0.0608. The van der Waals surface area contributed by atoms with E-state index in [1.54, 1.807) is 19.1 Å². The number of carbonyl (C=O) groups is 3. The second kappa shape index (κ2) is 15.4. The molecule has 1 atom stereocenters. The Morgan fingerprint density at radius 1 is 0.977 bits per heavy atom. The first kappa shape index (κ1) is 32.7. The van der Waals surface area contributed by atoms with E-state index in [4.69, 9.17) is 27.4 Å². The van der Waals surface area contributed by atoms with Gasteiger partial charge >= 0.3 is 11.9 Å². The molecule has 0 heterocycles. The maximum absolute atomic E-state index is 13.2. The van der Waals surface area contributed by atoms with E-state index in [-0.39, 0.29) is 53.1 Å². The van der Waals surface area contributed by atoms with Gasteiger partial charge in [-0.15, -0.1) is 10.1 Å². The van der Waals surface area contributed by atoms with Crippen LogP contribution >= 0.6 is 12.2 Å². The fraction of sp³-hybridized carbons (Fsp3) is 0.290. The van der Waals surface area contributed by atoms with Crippen LogP contribution in [0.4, 0.5) is 5.69 Å². The zero-order valence-corrected chi connectivity index (χ0v) is 24.8. The molecule has 0 saturated carbocycles. The molecule has 0 fully saturated rings. The molecule has 0 bridgehead atoms. The van der Waals surface area contributed by atoms with Gasteiger partial charge in [-0.3, -0.25) is 9.59 Å². The van der Waals surface area contributed by atoms with E-state index in [9.17, 15) is 24.5 Å². The molecule has 1 amide bonds. The van der Waals surface area contributed by atoms with Crippen LogP contribution in [-0.2, 0) is 20.8 Å². The lowest BCUT2D eigenvalue weighted by Crippen LogP contribution is -2.20. The number of thiocarbonyl (C=S) groups is 1. The van der Waals surface area contributed by atoms with E-state index in [1.165, 1.54) is 35.9 Å². The predicted octanol–water partition coefficient (Wildman–Crippen LogP) is 5.37. The van der Waals surface area contributed by atoms with Crippen molar-refractivity contribution in [3.8, 4) is 11.5 Å². The first-order chi connectivity index (χ1) is 20.4. The summed E-state index contributed by atoms with van der Waals surface area (Å²) in [6.07, 6.45) is 0.766. The monoisotopic (exact) mass is 607 g/mol. The van der Waals surface area contributed by atoms with Gasteiger partial charge in [-0.1, -0.05) is 50.3 Å². The van der Waals surface area contributed by atoms with Crippen LogP contribution in [0.1, 0.15) is 66.6 Å². The van der Waals surface area contributed by atoms with Crippen LogP contribution in [0.5, 0.6) is 11.5 Å². The van der Waals surface area contributed by atoms with Crippen LogP contribution in [0.25, 0.3) is 0 Å². The molecule has 0 aliphatic rings. The Balaban J connectivity index is 1.79. The fourth-order valence-electron chi connectivity index (χ4n) is 4.05. The Morgan fingerprint density at radius 3 is 2.26 bits per heavy atom. The number of benzene rings is 3. The number of esters is 2. The maximum atomic E-state index is 13.2. The van der Waals surface area contributed by atoms with Crippen LogP contribution < -0.4 is 20.5 Å². The molecule has 0 aliphatic carbocycles. The molecule has 3 aromatic carbocycles. The average Bonchev–Trinajstić information content (AvgIpc) is 2.96. The van der Waals surface area contributed by atoms with Gasteiger partial charge in [0.15, 0.2) is 0 Å². The molecule has 3 aromatic rings. The minimum absolute atomic E-state index is 0.0272. The highest BCUT2D eigenvalue weighted by Gasteiger charge is 2.21. The van der Waals surface area contributed by atoms with Gasteiger partial charge in [0, 0.05) is 17.7 Å². The summed E-state index contributed by atoms with van der Waals surface area (Å²) < 4.78 is 10.8. The summed E-state index contributed by atoms with van der Waals surface area (Å²) in [7, 11) is 0. The third-order valence-corrected chi connectivity index (χ3v) is 6.51. The van der Waals surface area contributed by atoms with E-state index in [2.05, 4.69) is 24.0 Å². The predicted molar refractivity (Wildman–Crippen MR) is 164 cm³/mol. The topological polar surface area (TPSA) is 160 Å². The number of anilines is 1. The second-order valence-electron chi connectivity index (χ2n) is 10.2. The molecule has 0 saturated heterocycles. The number of nitrogens with zero attached hydrogens (tertiary/aromatic N) is 1. The zero-order chi connectivity index (χ0) is 31.5. The van der Waals surface area contributed by atoms with Crippen LogP contribution in [0.3, 0.4) is 0 Å². The van der Waals surface area contributed by atoms with Gasteiger partial charge in [-0.25, -0.2) is 4.79 Å². The Hall–Kier alpha value is -4.84. The highest BCUT2D eigenvalue weighted by molar-refractivity contribution is 7.80. The van der Waals surface area contributed by atoms with Gasteiger partial charge in [-0.05, 0) is 79.3 Å². The number of nitrogens with one attached hydrogen (secondary N) is 1. The average molecular weight is 608 g/mol. The Morgan fingerprint density at radius 2 is 1.65 bits per heavy atom. The van der Waals surface area contributed by atoms with E-state index < -0.39 is 22.9 Å². The largest absolute Gasteiger partial charge is 0.426 e. The van der Waals surface area contributed by atoms with E-state index in [0.717, 1.165) is 12.0 Å². The van der Waals surface area contributed by atoms with Crippen LogP contribution in [0.2, 0.25) is 0 Å². The lowest BCUT2D eigenvalue weighted by molar-refractivity contribution is -0.757. The molecule has 3 rings (SSSR count). The maximum Gasteiger partial charge on any atom is 0.347 e. The number of ether oxygens (including phenoxy) is 2. The molecule has 11 nitrogen and oxygen atoms in total. The summed E-state index contributed by atoms with van der Waals surface area (Å²) in [5.41, 5.74) is 8.37. The fourth-order valence-corrected chi connectivity index (χ4v) is 4.19. The summed E-state index contributed by atoms with van der Waals surface area (Å²) in [5, 5.41) is 12.2. The third kappa shape index (κ3) is 10.2. The van der Waals surface area contributed by atoms with Crippen molar-refractivity contribution in [3.05, 3.63) is 99.1 Å². The van der Waals surface area contributed by atoms with Gasteiger partial charge in [0.1, 0.15) is 22.1 Å². The molecule has 0 aliphatic heterocycles. The SMILES string of the molecule is CC(C)Cc1ccc(C(C)C(=O)Nc2ccc(OC(=O)CCCO[N+](=O)[O-])c(C(=O)Oc3ccc(C(N)=S)cc3)c2)cc1. The minimum Gasteiger partial charge on any atom is -0.426 e. The summed E-state index contributed by atoms with van der Waals surface area (Å²) in [6.45, 7) is 5.77. The van der Waals surface area contributed by atoms with E-state index in [1.807, 2.05) is 24.3 Å². The number of hydrogen-bond donors (Lipinski definition) is 2. The molecule has 3 N–H and O–H groups in total. The van der Waals surface area contributed by atoms with E-state index >= 15 is 0 Å². The molecule has 1 unspecified atom stereocenters. The normalized spacial score (nSPS) is 11.3. The Bertz CT molecular complexity index is 1470. The minimum atomic E-state index is -0.956. The van der Waals surface area contributed by atoms with Gasteiger partial charge in [0.05, 0.1) is 12.5 Å². The van der Waals surface area contributed by atoms with Crippen molar-refractivity contribution in [2.75, 3.05) is 11.9 Å². The Labute approximate surface area is 254 Å². The molecule has 0 aromatic heterocycles. The van der Waals surface area contributed by atoms with Crippen molar-refractivity contribution in [3.63, 3.8) is 0 Å². The summed E-state index contributed by atoms with van der Waals surface area (Å²) >= 11 is 4.94. The molecule has 0 spiro atoms. The van der Waals surface area contributed by atoms with Gasteiger partial charge in [-0.2, -0.15) is 0 Å². The summed E-state index contributed by atoms with van der Waals surface area (Å²) in [6, 6.07) is 18.3. The van der Waals surface area contributed by atoms with Crippen molar-refractivity contribution in [2.45, 2.75) is 46.0 Å². The zero-order valence-electron chi connectivity index (χ0n) is 24.0. The van der Waals surface area contributed by atoms with Crippen molar-refractivity contribution < 1.29 is 33.8 Å². The summed E-state index contributed by atoms with van der Waals surface area (Å²) in [4.78, 5) is 53.4. The lowest BCUT2D eigenvalue weighted by Gasteiger charge is -2.16. The Kier molecular flexibility index (Phi) is 11.7. The van der Waals surface area contributed by atoms with Crippen molar-refractivity contribution in [1.29, 1.82) is 0 Å². The first-order valence-corrected chi connectivity index (χ1v) is 14.0. The molecule has 0 radical (unpaired) electrons. The second-order valence-corrected chi connectivity index (χ2v) is 10.6.